The third kappa shape index (κ3) is 3.50. The molecule has 0 saturated heterocycles. The minimum atomic E-state index is -3.59. The van der Waals surface area contributed by atoms with E-state index in [2.05, 4.69) is 10.0 Å². The van der Waals surface area contributed by atoms with Gasteiger partial charge in [-0.15, -0.1) is 0 Å². The van der Waals surface area contributed by atoms with Crippen LogP contribution in [0.25, 0.3) is 0 Å². The highest BCUT2D eigenvalue weighted by atomic mass is 32.2. The van der Waals surface area contributed by atoms with Crippen LogP contribution in [-0.4, -0.2) is 15.0 Å². The van der Waals surface area contributed by atoms with Crippen LogP contribution in [0.1, 0.15) is 6.92 Å². The highest BCUT2D eigenvalue weighted by molar-refractivity contribution is 7.89. The van der Waals surface area contributed by atoms with E-state index in [0.29, 0.717) is 11.4 Å². The molecule has 0 amide bonds. The zero-order valence-electron chi connectivity index (χ0n) is 11.4. The van der Waals surface area contributed by atoms with Crippen molar-refractivity contribution in [1.29, 1.82) is 0 Å². The van der Waals surface area contributed by atoms with Gasteiger partial charge in [-0.3, -0.25) is 0 Å². The fourth-order valence-corrected chi connectivity index (χ4v) is 2.86. The number of nitrogens with one attached hydrogen (secondary N) is 2. The lowest BCUT2D eigenvalue weighted by Crippen LogP contribution is -2.23. The zero-order valence-corrected chi connectivity index (χ0v) is 12.2. The van der Waals surface area contributed by atoms with Gasteiger partial charge in [0.1, 0.15) is 5.82 Å². The van der Waals surface area contributed by atoms with E-state index in [0.717, 1.165) is 0 Å². The molecular weight excluding hydrogens is 293 g/mol. The van der Waals surface area contributed by atoms with Gasteiger partial charge in [-0.25, -0.2) is 17.5 Å². The number of nitrogen functional groups attached to an aromatic ring is 1. The number of nitrogens with two attached hydrogens (primary N) is 1. The van der Waals surface area contributed by atoms with Crippen molar-refractivity contribution in [2.45, 2.75) is 11.8 Å². The molecule has 0 bridgehead atoms. The summed E-state index contributed by atoms with van der Waals surface area (Å²) >= 11 is 0. The molecular formula is C14H16FN3O2S. The summed E-state index contributed by atoms with van der Waals surface area (Å²) in [5, 5.41) is 2.80. The number of para-hydroxylation sites is 1. The molecule has 0 aliphatic heterocycles. The molecule has 4 N–H and O–H groups in total. The summed E-state index contributed by atoms with van der Waals surface area (Å²) in [5.74, 6) is -0.447. The highest BCUT2D eigenvalue weighted by Crippen LogP contribution is 2.27. The molecule has 0 radical (unpaired) electrons. The second-order valence-corrected chi connectivity index (χ2v) is 6.12. The predicted octanol–water partition coefficient (Wildman–Crippen LogP) is 2.45. The van der Waals surface area contributed by atoms with Gasteiger partial charge in [-0.2, -0.15) is 0 Å². The topological polar surface area (TPSA) is 84.2 Å². The maximum atomic E-state index is 13.6. The number of hydrogen-bond acceptors (Lipinski definition) is 4. The van der Waals surface area contributed by atoms with E-state index in [1.165, 1.54) is 24.3 Å². The molecule has 2 aromatic carbocycles. The Bertz CT molecular complexity index is 748. The second-order valence-electron chi connectivity index (χ2n) is 4.36. The third-order valence-electron chi connectivity index (χ3n) is 2.81. The van der Waals surface area contributed by atoms with E-state index < -0.39 is 15.8 Å². The van der Waals surface area contributed by atoms with Crippen molar-refractivity contribution in [3.05, 3.63) is 48.3 Å². The predicted molar refractivity (Wildman–Crippen MR) is 81.4 cm³/mol. The van der Waals surface area contributed by atoms with Gasteiger partial charge in [-0.05, 0) is 30.3 Å². The molecule has 0 aliphatic rings. The minimum absolute atomic E-state index is 0.0670. The Morgan fingerprint density at radius 3 is 2.52 bits per heavy atom. The molecule has 2 aromatic rings. The van der Waals surface area contributed by atoms with Gasteiger partial charge in [0.25, 0.3) is 0 Å². The first-order chi connectivity index (χ1) is 9.94. The molecule has 5 nitrogen and oxygen atoms in total. The van der Waals surface area contributed by atoms with Crippen molar-refractivity contribution in [3.8, 4) is 0 Å². The Morgan fingerprint density at radius 2 is 1.86 bits per heavy atom. The van der Waals surface area contributed by atoms with Crippen molar-refractivity contribution in [2.75, 3.05) is 17.6 Å². The monoisotopic (exact) mass is 309 g/mol. The first-order valence-corrected chi connectivity index (χ1v) is 7.83. The third-order valence-corrected chi connectivity index (χ3v) is 4.36. The minimum Gasteiger partial charge on any atom is -0.397 e. The average Bonchev–Trinajstić information content (AvgIpc) is 2.43. The molecule has 0 unspecified atom stereocenters. The van der Waals surface area contributed by atoms with Crippen LogP contribution in [0.3, 0.4) is 0 Å². The Kier molecular flexibility index (Phi) is 4.44. The molecule has 0 aromatic heterocycles. The summed E-state index contributed by atoms with van der Waals surface area (Å²) in [4.78, 5) is 0.0670. The van der Waals surface area contributed by atoms with Crippen molar-refractivity contribution < 1.29 is 12.8 Å². The molecule has 7 heteroatoms. The quantitative estimate of drug-likeness (QED) is 0.741. The van der Waals surface area contributed by atoms with Crippen LogP contribution in [0.2, 0.25) is 0 Å². The molecule has 0 aliphatic carbocycles. The molecule has 0 heterocycles. The van der Waals surface area contributed by atoms with Crippen molar-refractivity contribution >= 4 is 27.1 Å². The van der Waals surface area contributed by atoms with Crippen LogP contribution < -0.4 is 15.8 Å². The van der Waals surface area contributed by atoms with Crippen LogP contribution in [0.15, 0.2) is 47.4 Å². The Hall–Kier alpha value is -2.12. The maximum absolute atomic E-state index is 13.6. The average molecular weight is 309 g/mol. The van der Waals surface area contributed by atoms with Crippen LogP contribution in [0.4, 0.5) is 21.5 Å². The summed E-state index contributed by atoms with van der Waals surface area (Å²) in [6.45, 7) is 1.97. The van der Waals surface area contributed by atoms with E-state index in [1.54, 1.807) is 25.1 Å². The molecule has 0 fully saturated rings. The number of benzene rings is 2. The van der Waals surface area contributed by atoms with Gasteiger partial charge in [0.05, 0.1) is 22.0 Å². The largest absolute Gasteiger partial charge is 0.397 e. The van der Waals surface area contributed by atoms with Crippen LogP contribution in [0.5, 0.6) is 0 Å². The Labute approximate surface area is 123 Å². The number of anilines is 3. The van der Waals surface area contributed by atoms with Gasteiger partial charge < -0.3 is 11.1 Å². The first kappa shape index (κ1) is 15.3. The van der Waals surface area contributed by atoms with Crippen molar-refractivity contribution in [3.63, 3.8) is 0 Å². The summed E-state index contributed by atoms with van der Waals surface area (Å²) in [6, 6.07) is 10.3. The fraction of sp³-hybridized carbons (Fsp3) is 0.143. The number of hydrogen-bond donors (Lipinski definition) is 3. The first-order valence-electron chi connectivity index (χ1n) is 6.35. The number of rotatable bonds is 5. The normalized spacial score (nSPS) is 11.3. The lowest BCUT2D eigenvalue weighted by molar-refractivity contribution is 0.584. The van der Waals surface area contributed by atoms with Gasteiger partial charge >= 0.3 is 0 Å². The van der Waals surface area contributed by atoms with Crippen LogP contribution >= 0.6 is 0 Å². The Balaban J connectivity index is 2.39. The number of sulfonamides is 1. The Morgan fingerprint density at radius 1 is 1.14 bits per heavy atom. The maximum Gasteiger partial charge on any atom is 0.240 e. The molecule has 2 rings (SSSR count). The molecule has 112 valence electrons. The SMILES string of the molecule is CCNS(=O)(=O)c1ccc(N)c(Nc2ccccc2F)c1. The smallest absolute Gasteiger partial charge is 0.240 e. The van der Waals surface area contributed by atoms with E-state index >= 15 is 0 Å². The van der Waals surface area contributed by atoms with Crippen LogP contribution in [0, 0.1) is 5.82 Å². The summed E-state index contributed by atoms with van der Waals surface area (Å²) in [6.07, 6.45) is 0. The summed E-state index contributed by atoms with van der Waals surface area (Å²) in [7, 11) is -3.59. The lowest BCUT2D eigenvalue weighted by Gasteiger charge is -2.12. The van der Waals surface area contributed by atoms with Crippen molar-refractivity contribution in [2.24, 2.45) is 0 Å². The van der Waals surface area contributed by atoms with E-state index in [-0.39, 0.29) is 17.1 Å². The summed E-state index contributed by atoms with van der Waals surface area (Å²) < 4.78 is 39.9. The fourth-order valence-electron chi connectivity index (χ4n) is 1.79. The summed E-state index contributed by atoms with van der Waals surface area (Å²) in [5.41, 5.74) is 6.69. The lowest BCUT2D eigenvalue weighted by atomic mass is 10.2. The molecule has 21 heavy (non-hydrogen) atoms. The standard InChI is InChI=1S/C14H16FN3O2S/c1-2-17-21(19,20)10-7-8-12(16)14(9-10)18-13-6-4-3-5-11(13)15/h3-9,17-18H,2,16H2,1H3. The molecule has 0 spiro atoms. The van der Waals surface area contributed by atoms with Crippen molar-refractivity contribution in [1.82, 2.24) is 4.72 Å². The van der Waals surface area contributed by atoms with Gasteiger partial charge in [0.15, 0.2) is 0 Å². The zero-order chi connectivity index (χ0) is 15.5. The van der Waals surface area contributed by atoms with E-state index in [4.69, 9.17) is 5.73 Å². The van der Waals surface area contributed by atoms with Gasteiger partial charge in [-0.1, -0.05) is 19.1 Å². The molecule has 0 saturated carbocycles. The van der Waals surface area contributed by atoms with Crippen LogP contribution in [-0.2, 0) is 10.0 Å². The van der Waals surface area contributed by atoms with Gasteiger partial charge in [0.2, 0.25) is 10.0 Å². The second kappa shape index (κ2) is 6.11. The highest BCUT2D eigenvalue weighted by Gasteiger charge is 2.14. The molecule has 0 atom stereocenters. The van der Waals surface area contributed by atoms with Gasteiger partial charge in [0, 0.05) is 6.54 Å². The van der Waals surface area contributed by atoms with E-state index in [1.807, 2.05) is 0 Å². The van der Waals surface area contributed by atoms with E-state index in [9.17, 15) is 12.8 Å². The number of halogens is 1.